The number of nitrogens with zero attached hydrogens (tertiary/aromatic N) is 5. The Kier molecular flexibility index (Phi) is 71.0. The number of carbonyl (C=O) groups is 4. The zero-order valence-electron chi connectivity index (χ0n) is 68.5. The van der Waals surface area contributed by atoms with Gasteiger partial charge in [0.2, 0.25) is 0 Å². The summed E-state index contributed by atoms with van der Waals surface area (Å²) >= 11 is 0. The molecule has 1 aromatic rings. The number of hydrogen-bond acceptors (Lipinski definition) is 17. The summed E-state index contributed by atoms with van der Waals surface area (Å²) in [5.41, 5.74) is -0.0818. The van der Waals surface area contributed by atoms with Gasteiger partial charge in [0.05, 0.1) is 24.7 Å². The van der Waals surface area contributed by atoms with Crippen molar-refractivity contribution in [3.8, 4) is 5.75 Å². The predicted molar refractivity (Wildman–Crippen MR) is 424 cm³/mol. The molecule has 4 atom stereocenters. The average Bonchev–Trinajstić information content (AvgIpc) is 0.903. The SMILES string of the molecule is CCCCCCCCC(CCCCCC)COC(=O)CCCC(CCCCCC)OC(=O)OCCN(CCN(CC)CC)C(C)C.CCCCCCCCC(CCCCCC)COC(=O)CCCC(CCCCCC)OC(=O)Oc1ccc([N+](=O)[O-])cc1.CCN(CC)CCN(CCO)C(C)C. The van der Waals surface area contributed by atoms with Gasteiger partial charge in [-0.15, -0.1) is 0 Å². The average molecular weight is 1450 g/mol. The number of nitro benzene ring substituents is 1. The smallest absolute Gasteiger partial charge is 0.465 e. The highest BCUT2D eigenvalue weighted by molar-refractivity contribution is 5.69. The lowest BCUT2D eigenvalue weighted by Crippen LogP contribution is -2.40. The molecule has 0 aliphatic carbocycles. The molecule has 0 heterocycles. The first-order valence-corrected chi connectivity index (χ1v) is 42.2. The molecule has 1 rings (SSSR count). The summed E-state index contributed by atoms with van der Waals surface area (Å²) in [4.78, 5) is 70.2. The van der Waals surface area contributed by atoms with E-state index in [2.05, 4.69) is 117 Å². The lowest BCUT2D eigenvalue weighted by Gasteiger charge is -2.29. The summed E-state index contributed by atoms with van der Waals surface area (Å²) in [6.45, 7) is 42.3. The van der Waals surface area contributed by atoms with Gasteiger partial charge < -0.3 is 43.3 Å². The summed E-state index contributed by atoms with van der Waals surface area (Å²) in [7, 11) is 0. The highest BCUT2D eigenvalue weighted by atomic mass is 16.7. The molecule has 0 bridgehead atoms. The van der Waals surface area contributed by atoms with Crippen molar-refractivity contribution in [3.05, 3.63) is 34.4 Å². The van der Waals surface area contributed by atoms with Crippen molar-refractivity contribution >= 4 is 29.9 Å². The Balaban J connectivity index is 0. The molecular weight excluding hydrogens is 1290 g/mol. The number of non-ortho nitro benzene ring substituents is 1. The first-order valence-electron chi connectivity index (χ1n) is 42.2. The number of benzene rings is 1. The second kappa shape index (κ2) is 72.5. The molecule has 1 N–H and O–H groups in total. The van der Waals surface area contributed by atoms with Crippen LogP contribution < -0.4 is 4.74 Å². The van der Waals surface area contributed by atoms with E-state index in [0.29, 0.717) is 95.2 Å². The molecular formula is C84H161N5O13. The fourth-order valence-electron chi connectivity index (χ4n) is 12.7. The largest absolute Gasteiger partial charge is 0.514 e. The Labute approximate surface area is 626 Å². The Bertz CT molecular complexity index is 2040. The molecule has 0 aromatic heterocycles. The molecule has 0 fully saturated rings. The number of unbranched alkanes of at least 4 members (excludes halogenated alkanes) is 22. The second-order valence-electron chi connectivity index (χ2n) is 29.1. The van der Waals surface area contributed by atoms with Gasteiger partial charge in [0.25, 0.3) is 5.69 Å². The van der Waals surface area contributed by atoms with Gasteiger partial charge in [-0.25, -0.2) is 9.59 Å². The van der Waals surface area contributed by atoms with Gasteiger partial charge in [0.15, 0.2) is 0 Å². The van der Waals surface area contributed by atoms with Crippen LogP contribution in [0.1, 0.15) is 354 Å². The van der Waals surface area contributed by atoms with Crippen LogP contribution in [0.4, 0.5) is 15.3 Å². The molecule has 0 aliphatic rings. The van der Waals surface area contributed by atoms with E-state index in [0.717, 1.165) is 130 Å². The number of ether oxygens (including phenoxy) is 6. The van der Waals surface area contributed by atoms with E-state index in [1.165, 1.54) is 166 Å². The number of esters is 2. The maximum Gasteiger partial charge on any atom is 0.514 e. The summed E-state index contributed by atoms with van der Waals surface area (Å²) in [6, 6.07) is 6.20. The zero-order chi connectivity index (χ0) is 76.1. The zero-order valence-corrected chi connectivity index (χ0v) is 68.5. The van der Waals surface area contributed by atoms with Crippen molar-refractivity contribution in [2.75, 3.05) is 91.9 Å². The van der Waals surface area contributed by atoms with E-state index >= 15 is 0 Å². The van der Waals surface area contributed by atoms with E-state index in [1.807, 2.05) is 0 Å². The summed E-state index contributed by atoms with van der Waals surface area (Å²) in [5.74, 6) is 0.784. The van der Waals surface area contributed by atoms with Gasteiger partial charge >= 0.3 is 24.2 Å². The van der Waals surface area contributed by atoms with Crippen LogP contribution in [0, 0.1) is 22.0 Å². The normalized spacial score (nSPS) is 12.6. The first-order chi connectivity index (χ1) is 49.3. The lowest BCUT2D eigenvalue weighted by atomic mass is 9.95. The van der Waals surface area contributed by atoms with Crippen molar-refractivity contribution < 1.29 is 57.6 Å². The number of aliphatic hydroxyl groups is 1. The molecule has 4 unspecified atom stereocenters. The minimum Gasteiger partial charge on any atom is -0.465 e. The number of nitro groups is 1. The van der Waals surface area contributed by atoms with E-state index in [-0.39, 0.29) is 42.2 Å². The number of aliphatic hydroxyl groups excluding tert-OH is 1. The predicted octanol–water partition coefficient (Wildman–Crippen LogP) is 22.1. The van der Waals surface area contributed by atoms with Crippen LogP contribution in [-0.2, 0) is 33.3 Å². The van der Waals surface area contributed by atoms with Gasteiger partial charge in [-0.2, -0.15) is 0 Å². The summed E-state index contributed by atoms with van der Waals surface area (Å²) < 4.78 is 33.7. The topological polar surface area (TPSA) is 200 Å². The highest BCUT2D eigenvalue weighted by Gasteiger charge is 2.22. The van der Waals surface area contributed by atoms with Crippen LogP contribution in [0.3, 0.4) is 0 Å². The maximum absolute atomic E-state index is 12.7. The minimum absolute atomic E-state index is 0.0818. The van der Waals surface area contributed by atoms with Crippen molar-refractivity contribution in [2.24, 2.45) is 11.8 Å². The monoisotopic (exact) mass is 1450 g/mol. The fourth-order valence-corrected chi connectivity index (χ4v) is 12.7. The first kappa shape index (κ1) is 100.0. The molecule has 1 aromatic carbocycles. The van der Waals surface area contributed by atoms with Gasteiger partial charge in [0.1, 0.15) is 24.6 Å². The van der Waals surface area contributed by atoms with Gasteiger partial charge in [-0.1, -0.05) is 236 Å². The molecule has 600 valence electrons. The van der Waals surface area contributed by atoms with Gasteiger partial charge in [-0.05, 0) is 155 Å². The highest BCUT2D eigenvalue weighted by Crippen LogP contribution is 2.25. The molecule has 102 heavy (non-hydrogen) atoms. The van der Waals surface area contributed by atoms with Crippen molar-refractivity contribution in [2.45, 2.75) is 378 Å². The third-order valence-corrected chi connectivity index (χ3v) is 19.8. The summed E-state index contributed by atoms with van der Waals surface area (Å²) in [5, 5.41) is 19.7. The number of likely N-dealkylation sites (N-methyl/N-ethyl adjacent to an activating group) is 2. The Morgan fingerprint density at radius 1 is 0.402 bits per heavy atom. The molecule has 0 saturated heterocycles. The molecule has 0 saturated carbocycles. The lowest BCUT2D eigenvalue weighted by molar-refractivity contribution is -0.384. The van der Waals surface area contributed by atoms with Gasteiger partial charge in [0, 0.05) is 76.3 Å². The maximum atomic E-state index is 12.7. The Morgan fingerprint density at radius 2 is 0.725 bits per heavy atom. The van der Waals surface area contributed by atoms with E-state index in [4.69, 9.17) is 33.5 Å². The third kappa shape index (κ3) is 61.1. The van der Waals surface area contributed by atoms with Gasteiger partial charge in [-0.3, -0.25) is 29.5 Å². The standard InChI is InChI=1S/C39H78N2O5.C34H57NO7.C11H26N2O/c1-8-13-16-19-20-22-26-36(25-21-17-14-9-2)34-45-38(42)29-24-28-37(27-23-18-15-10-3)46-39(43)44-33-32-41(35(6)7)31-30-40(11-4)12-5;1-4-7-10-13-14-16-20-29(19-15-11-8-5-2)28-40-33(36)23-18-22-31(21-17-12-9-6-3)41-34(37)42-32-26-24-30(25-27-32)35(38)39;1-5-12(6-2)7-8-13(9-10-14)11(3)4/h35-37H,8-34H2,1-7H3;24-27,29,31H,4-23,28H2,1-3H3;11,14H,5-10H2,1-4H3. The van der Waals surface area contributed by atoms with Crippen molar-refractivity contribution in [1.82, 2.24) is 19.6 Å². The number of hydrogen-bond donors (Lipinski definition) is 1. The molecule has 0 aliphatic heterocycles. The van der Waals surface area contributed by atoms with Crippen molar-refractivity contribution in [1.29, 1.82) is 0 Å². The second-order valence-corrected chi connectivity index (χ2v) is 29.1. The van der Waals surface area contributed by atoms with Crippen molar-refractivity contribution in [3.63, 3.8) is 0 Å². The van der Waals surface area contributed by atoms with Crippen LogP contribution in [0.2, 0.25) is 0 Å². The van der Waals surface area contributed by atoms with E-state index in [9.17, 15) is 29.3 Å². The van der Waals surface area contributed by atoms with Crippen LogP contribution in [-0.4, -0.2) is 170 Å². The van der Waals surface area contributed by atoms with E-state index < -0.39 is 17.2 Å². The van der Waals surface area contributed by atoms with Crippen LogP contribution >= 0.6 is 0 Å². The third-order valence-electron chi connectivity index (χ3n) is 19.8. The van der Waals surface area contributed by atoms with Crippen LogP contribution in [0.5, 0.6) is 5.75 Å². The quantitative estimate of drug-likeness (QED) is 0.0161. The molecule has 0 radical (unpaired) electrons. The minimum atomic E-state index is -0.840. The molecule has 0 amide bonds. The Hall–Kier alpha value is -4.10. The fraction of sp³-hybridized carbons (Fsp3) is 0.881. The van der Waals surface area contributed by atoms with Crippen LogP contribution in [0.15, 0.2) is 24.3 Å². The molecule has 18 nitrogen and oxygen atoms in total. The summed E-state index contributed by atoms with van der Waals surface area (Å²) in [6.07, 6.45) is 41.2. The van der Waals surface area contributed by atoms with Crippen LogP contribution in [0.25, 0.3) is 0 Å². The van der Waals surface area contributed by atoms with E-state index in [1.54, 1.807) is 0 Å². The Morgan fingerprint density at radius 3 is 1.07 bits per heavy atom. The molecule has 0 spiro atoms. The molecule has 18 heteroatoms. The number of rotatable bonds is 67. The number of carbonyl (C=O) groups excluding carboxylic acids is 4.